The fourth-order valence-electron chi connectivity index (χ4n) is 3.33. The lowest BCUT2D eigenvalue weighted by atomic mass is 9.65. The second kappa shape index (κ2) is 5.71. The van der Waals surface area contributed by atoms with Crippen molar-refractivity contribution < 1.29 is 0 Å². The summed E-state index contributed by atoms with van der Waals surface area (Å²) < 4.78 is 1.71. The van der Waals surface area contributed by atoms with Gasteiger partial charge in [-0.2, -0.15) is 0 Å². The van der Waals surface area contributed by atoms with E-state index in [-0.39, 0.29) is 0 Å². The SMILES string of the molecule is CCNC1CC(c2cccc(-n3cnnn3)c2)C1CC. The number of hydrogen-bond acceptors (Lipinski definition) is 4. The molecule has 1 fully saturated rings. The highest BCUT2D eigenvalue weighted by Gasteiger charge is 2.39. The second-order valence-corrected chi connectivity index (χ2v) is 5.43. The number of nitrogens with zero attached hydrogens (tertiary/aromatic N) is 4. The Bertz CT molecular complexity index is 551. The van der Waals surface area contributed by atoms with Crippen LogP contribution in [0, 0.1) is 5.92 Å². The molecule has 3 unspecified atom stereocenters. The van der Waals surface area contributed by atoms with Crippen LogP contribution in [0.15, 0.2) is 30.6 Å². The first-order chi connectivity index (χ1) is 9.83. The number of benzene rings is 1. The molecule has 0 amide bonds. The zero-order valence-electron chi connectivity index (χ0n) is 12.0. The van der Waals surface area contributed by atoms with E-state index in [1.54, 1.807) is 11.0 Å². The maximum absolute atomic E-state index is 3.96. The number of aromatic nitrogens is 4. The second-order valence-electron chi connectivity index (χ2n) is 5.43. The van der Waals surface area contributed by atoms with Crippen LogP contribution in [0.1, 0.15) is 38.2 Å². The van der Waals surface area contributed by atoms with E-state index in [9.17, 15) is 0 Å². The van der Waals surface area contributed by atoms with Crippen LogP contribution in [0.25, 0.3) is 5.69 Å². The van der Waals surface area contributed by atoms with Gasteiger partial charge in [-0.1, -0.05) is 32.4 Å². The Labute approximate surface area is 119 Å². The molecular formula is C15H21N5. The largest absolute Gasteiger partial charge is 0.314 e. The predicted molar refractivity (Wildman–Crippen MR) is 77.8 cm³/mol. The third kappa shape index (κ3) is 2.33. The average molecular weight is 271 g/mol. The van der Waals surface area contributed by atoms with Gasteiger partial charge in [0.25, 0.3) is 0 Å². The van der Waals surface area contributed by atoms with Crippen molar-refractivity contribution in [1.82, 2.24) is 25.5 Å². The molecular weight excluding hydrogens is 250 g/mol. The van der Waals surface area contributed by atoms with Crippen LogP contribution in [0.4, 0.5) is 0 Å². The summed E-state index contributed by atoms with van der Waals surface area (Å²) in [5.74, 6) is 1.39. The van der Waals surface area contributed by atoms with Gasteiger partial charge in [0.1, 0.15) is 6.33 Å². The molecule has 20 heavy (non-hydrogen) atoms. The van der Waals surface area contributed by atoms with Crippen molar-refractivity contribution in [2.24, 2.45) is 5.92 Å². The smallest absolute Gasteiger partial charge is 0.143 e. The zero-order chi connectivity index (χ0) is 13.9. The molecule has 1 aromatic heterocycles. The number of nitrogens with one attached hydrogen (secondary N) is 1. The van der Waals surface area contributed by atoms with Crippen molar-refractivity contribution in [3.63, 3.8) is 0 Å². The maximum Gasteiger partial charge on any atom is 0.143 e. The topological polar surface area (TPSA) is 55.6 Å². The van der Waals surface area contributed by atoms with Gasteiger partial charge in [0.15, 0.2) is 0 Å². The van der Waals surface area contributed by atoms with Crippen LogP contribution < -0.4 is 5.32 Å². The van der Waals surface area contributed by atoms with Crippen LogP contribution >= 0.6 is 0 Å². The van der Waals surface area contributed by atoms with E-state index < -0.39 is 0 Å². The predicted octanol–water partition coefficient (Wildman–Crippen LogP) is 2.15. The molecule has 0 bridgehead atoms. The number of tetrazole rings is 1. The molecule has 1 saturated carbocycles. The molecule has 0 spiro atoms. The standard InChI is InChI=1S/C15H21N5/c1-3-13-14(9-15(13)16-4-2)11-6-5-7-12(8-11)20-10-17-18-19-20/h5-8,10,13-16H,3-4,9H2,1-2H3. The molecule has 3 rings (SSSR count). The van der Waals surface area contributed by atoms with Crippen molar-refractivity contribution in [2.45, 2.75) is 38.6 Å². The van der Waals surface area contributed by atoms with E-state index in [0.717, 1.165) is 18.2 Å². The molecule has 1 N–H and O–H groups in total. The van der Waals surface area contributed by atoms with E-state index >= 15 is 0 Å². The molecule has 0 radical (unpaired) electrons. The fourth-order valence-corrected chi connectivity index (χ4v) is 3.33. The molecule has 2 aromatic rings. The molecule has 1 aliphatic carbocycles. The molecule has 1 heterocycles. The minimum absolute atomic E-state index is 0.653. The van der Waals surface area contributed by atoms with Crippen LogP contribution in [0.3, 0.4) is 0 Å². The highest BCUT2D eigenvalue weighted by atomic mass is 15.5. The van der Waals surface area contributed by atoms with Crippen LogP contribution in [-0.4, -0.2) is 32.8 Å². The Morgan fingerprint density at radius 2 is 2.25 bits per heavy atom. The van der Waals surface area contributed by atoms with Gasteiger partial charge >= 0.3 is 0 Å². The first-order valence-corrected chi connectivity index (χ1v) is 7.40. The molecule has 5 nitrogen and oxygen atoms in total. The monoisotopic (exact) mass is 271 g/mol. The van der Waals surface area contributed by atoms with Crippen LogP contribution in [0.2, 0.25) is 0 Å². The first-order valence-electron chi connectivity index (χ1n) is 7.40. The van der Waals surface area contributed by atoms with E-state index in [2.05, 4.69) is 52.9 Å². The van der Waals surface area contributed by atoms with Gasteiger partial charge in [-0.3, -0.25) is 0 Å². The average Bonchev–Trinajstić information content (AvgIpc) is 2.98. The third-order valence-electron chi connectivity index (χ3n) is 4.39. The Morgan fingerprint density at radius 1 is 1.35 bits per heavy atom. The van der Waals surface area contributed by atoms with Crippen molar-refractivity contribution >= 4 is 0 Å². The Hall–Kier alpha value is -1.75. The zero-order valence-corrected chi connectivity index (χ0v) is 12.0. The number of hydrogen-bond donors (Lipinski definition) is 1. The summed E-state index contributed by atoms with van der Waals surface area (Å²) in [5.41, 5.74) is 2.44. The van der Waals surface area contributed by atoms with E-state index in [0.29, 0.717) is 12.0 Å². The molecule has 1 aromatic carbocycles. The molecule has 106 valence electrons. The highest BCUT2D eigenvalue weighted by Crippen LogP contribution is 2.44. The lowest BCUT2D eigenvalue weighted by Crippen LogP contribution is -2.48. The van der Waals surface area contributed by atoms with Gasteiger partial charge in [0, 0.05) is 6.04 Å². The normalized spacial score (nSPS) is 25.4. The van der Waals surface area contributed by atoms with Crippen molar-refractivity contribution in [3.05, 3.63) is 36.2 Å². The summed E-state index contributed by atoms with van der Waals surface area (Å²) >= 11 is 0. The van der Waals surface area contributed by atoms with E-state index in [4.69, 9.17) is 0 Å². The molecule has 3 atom stereocenters. The van der Waals surface area contributed by atoms with Crippen LogP contribution in [-0.2, 0) is 0 Å². The van der Waals surface area contributed by atoms with Gasteiger partial charge < -0.3 is 5.32 Å². The van der Waals surface area contributed by atoms with E-state index in [1.165, 1.54) is 18.4 Å². The first kappa shape index (κ1) is 13.2. The van der Waals surface area contributed by atoms with Gasteiger partial charge in [0.2, 0.25) is 0 Å². The third-order valence-corrected chi connectivity index (χ3v) is 4.39. The Morgan fingerprint density at radius 3 is 2.95 bits per heavy atom. The van der Waals surface area contributed by atoms with Gasteiger partial charge in [-0.05, 0) is 52.9 Å². The van der Waals surface area contributed by atoms with Crippen molar-refractivity contribution in [1.29, 1.82) is 0 Å². The summed E-state index contributed by atoms with van der Waals surface area (Å²) in [4.78, 5) is 0. The van der Waals surface area contributed by atoms with Gasteiger partial charge in [0.05, 0.1) is 5.69 Å². The summed E-state index contributed by atoms with van der Waals surface area (Å²) in [6.07, 6.45) is 4.08. The van der Waals surface area contributed by atoms with Crippen LogP contribution in [0.5, 0.6) is 0 Å². The molecule has 1 aliphatic rings. The summed E-state index contributed by atoms with van der Waals surface area (Å²) in [5, 5.41) is 14.9. The van der Waals surface area contributed by atoms with E-state index in [1.807, 2.05) is 6.07 Å². The summed E-state index contributed by atoms with van der Waals surface area (Å²) in [6.45, 7) is 5.52. The Kier molecular flexibility index (Phi) is 3.78. The molecule has 0 aliphatic heterocycles. The quantitative estimate of drug-likeness (QED) is 0.905. The molecule has 0 saturated heterocycles. The van der Waals surface area contributed by atoms with Gasteiger partial charge in [-0.25, -0.2) is 4.68 Å². The van der Waals surface area contributed by atoms with Crippen molar-refractivity contribution in [2.75, 3.05) is 6.54 Å². The number of rotatable bonds is 5. The fraction of sp³-hybridized carbons (Fsp3) is 0.533. The Balaban J connectivity index is 1.80. The minimum Gasteiger partial charge on any atom is -0.314 e. The van der Waals surface area contributed by atoms with Gasteiger partial charge in [-0.15, -0.1) is 5.10 Å². The minimum atomic E-state index is 0.653. The summed E-state index contributed by atoms with van der Waals surface area (Å²) in [6, 6.07) is 9.25. The molecule has 5 heteroatoms. The lowest BCUT2D eigenvalue weighted by molar-refractivity contribution is 0.163. The lowest BCUT2D eigenvalue weighted by Gasteiger charge is -2.45. The maximum atomic E-state index is 3.96. The summed E-state index contributed by atoms with van der Waals surface area (Å²) in [7, 11) is 0. The highest BCUT2D eigenvalue weighted by molar-refractivity contribution is 5.37. The van der Waals surface area contributed by atoms with Crippen molar-refractivity contribution in [3.8, 4) is 5.69 Å².